The van der Waals surface area contributed by atoms with Crippen LogP contribution in [0.3, 0.4) is 0 Å². The standard InChI is InChI=1S/C15H30N2O/c1-4-13-11-17(15(10-16-13)12(2)3)8-7-14-6-5-9-18-14/h12-16H,4-11H2,1-3H3. The van der Waals surface area contributed by atoms with E-state index < -0.39 is 0 Å². The van der Waals surface area contributed by atoms with Gasteiger partial charge in [0, 0.05) is 38.3 Å². The lowest BCUT2D eigenvalue weighted by Crippen LogP contribution is -2.58. The van der Waals surface area contributed by atoms with Crippen molar-refractivity contribution in [2.75, 3.05) is 26.2 Å². The van der Waals surface area contributed by atoms with Gasteiger partial charge in [-0.25, -0.2) is 0 Å². The molecule has 0 saturated carbocycles. The molecule has 3 unspecified atom stereocenters. The molecule has 0 radical (unpaired) electrons. The molecule has 2 heterocycles. The Balaban J connectivity index is 1.83. The zero-order valence-electron chi connectivity index (χ0n) is 12.3. The third-order valence-corrected chi connectivity index (χ3v) is 4.56. The molecule has 3 atom stereocenters. The zero-order valence-corrected chi connectivity index (χ0v) is 12.3. The Morgan fingerprint density at radius 3 is 2.83 bits per heavy atom. The van der Waals surface area contributed by atoms with E-state index in [0.29, 0.717) is 18.2 Å². The van der Waals surface area contributed by atoms with Crippen molar-refractivity contribution in [2.24, 2.45) is 5.92 Å². The number of nitrogens with one attached hydrogen (secondary N) is 1. The van der Waals surface area contributed by atoms with Crippen molar-refractivity contribution in [3.8, 4) is 0 Å². The first-order valence-corrected chi connectivity index (χ1v) is 7.79. The molecule has 2 saturated heterocycles. The van der Waals surface area contributed by atoms with E-state index in [2.05, 4.69) is 31.0 Å². The minimum Gasteiger partial charge on any atom is -0.378 e. The number of hydrogen-bond donors (Lipinski definition) is 1. The highest BCUT2D eigenvalue weighted by atomic mass is 16.5. The van der Waals surface area contributed by atoms with Gasteiger partial charge in [-0.3, -0.25) is 4.90 Å². The first-order valence-electron chi connectivity index (χ1n) is 7.79. The van der Waals surface area contributed by atoms with Crippen molar-refractivity contribution < 1.29 is 4.74 Å². The van der Waals surface area contributed by atoms with Crippen molar-refractivity contribution in [1.82, 2.24) is 10.2 Å². The third-order valence-electron chi connectivity index (χ3n) is 4.56. The van der Waals surface area contributed by atoms with Crippen LogP contribution in [0, 0.1) is 5.92 Å². The highest BCUT2D eigenvalue weighted by Gasteiger charge is 2.29. The van der Waals surface area contributed by atoms with E-state index in [9.17, 15) is 0 Å². The van der Waals surface area contributed by atoms with Gasteiger partial charge in [-0.1, -0.05) is 20.8 Å². The molecular formula is C15H30N2O. The summed E-state index contributed by atoms with van der Waals surface area (Å²) < 4.78 is 5.75. The van der Waals surface area contributed by atoms with E-state index in [1.54, 1.807) is 0 Å². The molecule has 0 aliphatic carbocycles. The first kappa shape index (κ1) is 14.3. The third kappa shape index (κ3) is 3.69. The number of ether oxygens (including phenoxy) is 1. The van der Waals surface area contributed by atoms with Crippen molar-refractivity contribution in [3.63, 3.8) is 0 Å². The first-order chi connectivity index (χ1) is 8.70. The van der Waals surface area contributed by atoms with Gasteiger partial charge < -0.3 is 10.1 Å². The summed E-state index contributed by atoms with van der Waals surface area (Å²) in [7, 11) is 0. The van der Waals surface area contributed by atoms with Gasteiger partial charge in [0.1, 0.15) is 0 Å². The summed E-state index contributed by atoms with van der Waals surface area (Å²) in [5.74, 6) is 0.736. The Morgan fingerprint density at radius 1 is 1.39 bits per heavy atom. The fourth-order valence-electron chi connectivity index (χ4n) is 3.27. The lowest BCUT2D eigenvalue weighted by atomic mass is 9.97. The second kappa shape index (κ2) is 6.88. The van der Waals surface area contributed by atoms with Gasteiger partial charge in [-0.15, -0.1) is 0 Å². The molecule has 0 bridgehead atoms. The molecular weight excluding hydrogens is 224 g/mol. The molecule has 3 nitrogen and oxygen atoms in total. The quantitative estimate of drug-likeness (QED) is 0.814. The predicted octanol–water partition coefficient (Wildman–Crippen LogP) is 2.26. The Hall–Kier alpha value is -0.120. The maximum Gasteiger partial charge on any atom is 0.0588 e. The van der Waals surface area contributed by atoms with Crippen molar-refractivity contribution in [3.05, 3.63) is 0 Å². The maximum absolute atomic E-state index is 5.75. The predicted molar refractivity (Wildman–Crippen MR) is 75.9 cm³/mol. The molecule has 18 heavy (non-hydrogen) atoms. The smallest absolute Gasteiger partial charge is 0.0588 e. The average Bonchev–Trinajstić information content (AvgIpc) is 2.88. The van der Waals surface area contributed by atoms with E-state index in [1.807, 2.05) is 0 Å². The second-order valence-corrected chi connectivity index (χ2v) is 6.24. The largest absolute Gasteiger partial charge is 0.378 e. The molecule has 2 rings (SSSR count). The highest BCUT2D eigenvalue weighted by molar-refractivity contribution is 4.87. The zero-order chi connectivity index (χ0) is 13.0. The minimum absolute atomic E-state index is 0.535. The number of nitrogens with zero attached hydrogens (tertiary/aromatic N) is 1. The monoisotopic (exact) mass is 254 g/mol. The number of hydrogen-bond acceptors (Lipinski definition) is 3. The van der Waals surface area contributed by atoms with Gasteiger partial charge in [0.2, 0.25) is 0 Å². The summed E-state index contributed by atoms with van der Waals surface area (Å²) in [5, 5.41) is 3.69. The molecule has 0 aromatic rings. The van der Waals surface area contributed by atoms with Crippen LogP contribution in [0.25, 0.3) is 0 Å². The van der Waals surface area contributed by atoms with Gasteiger partial charge in [-0.05, 0) is 31.6 Å². The molecule has 1 N–H and O–H groups in total. The Bertz CT molecular complexity index is 239. The topological polar surface area (TPSA) is 24.5 Å². The number of piperazine rings is 1. The van der Waals surface area contributed by atoms with Crippen molar-refractivity contribution in [1.29, 1.82) is 0 Å². The minimum atomic E-state index is 0.535. The molecule has 3 heteroatoms. The molecule has 0 amide bonds. The van der Waals surface area contributed by atoms with Gasteiger partial charge in [0.15, 0.2) is 0 Å². The van der Waals surface area contributed by atoms with E-state index in [1.165, 1.54) is 38.8 Å². The van der Waals surface area contributed by atoms with Crippen LogP contribution in [0.5, 0.6) is 0 Å². The fourth-order valence-corrected chi connectivity index (χ4v) is 3.27. The summed E-state index contributed by atoms with van der Waals surface area (Å²) in [6.45, 7) is 11.5. The maximum atomic E-state index is 5.75. The Labute approximate surface area is 112 Å². The summed E-state index contributed by atoms with van der Waals surface area (Å²) in [4.78, 5) is 2.71. The highest BCUT2D eigenvalue weighted by Crippen LogP contribution is 2.20. The van der Waals surface area contributed by atoms with Gasteiger partial charge in [0.05, 0.1) is 6.10 Å². The summed E-state index contributed by atoms with van der Waals surface area (Å²) >= 11 is 0. The summed E-state index contributed by atoms with van der Waals surface area (Å²) in [5.41, 5.74) is 0. The van der Waals surface area contributed by atoms with Gasteiger partial charge in [0.25, 0.3) is 0 Å². The fraction of sp³-hybridized carbons (Fsp3) is 1.00. The van der Waals surface area contributed by atoms with Crippen LogP contribution in [0.2, 0.25) is 0 Å². The second-order valence-electron chi connectivity index (χ2n) is 6.24. The molecule has 2 aliphatic rings. The molecule has 2 aliphatic heterocycles. The lowest BCUT2D eigenvalue weighted by molar-refractivity contribution is 0.0582. The summed E-state index contributed by atoms with van der Waals surface area (Å²) in [6.07, 6.45) is 5.53. The van der Waals surface area contributed by atoms with E-state index in [4.69, 9.17) is 4.74 Å². The van der Waals surface area contributed by atoms with E-state index in [-0.39, 0.29) is 0 Å². The molecule has 2 fully saturated rings. The van der Waals surface area contributed by atoms with Crippen LogP contribution in [-0.4, -0.2) is 49.3 Å². The molecule has 0 aromatic carbocycles. The van der Waals surface area contributed by atoms with Crippen LogP contribution >= 0.6 is 0 Å². The van der Waals surface area contributed by atoms with Crippen LogP contribution < -0.4 is 5.32 Å². The Morgan fingerprint density at radius 2 is 2.22 bits per heavy atom. The average molecular weight is 254 g/mol. The van der Waals surface area contributed by atoms with Crippen molar-refractivity contribution in [2.45, 2.75) is 64.6 Å². The van der Waals surface area contributed by atoms with Crippen LogP contribution in [0.1, 0.15) is 46.5 Å². The van der Waals surface area contributed by atoms with Gasteiger partial charge >= 0.3 is 0 Å². The van der Waals surface area contributed by atoms with Crippen LogP contribution in [-0.2, 0) is 4.74 Å². The van der Waals surface area contributed by atoms with Gasteiger partial charge in [-0.2, -0.15) is 0 Å². The van der Waals surface area contributed by atoms with Crippen molar-refractivity contribution >= 4 is 0 Å². The lowest BCUT2D eigenvalue weighted by Gasteiger charge is -2.42. The number of rotatable bonds is 5. The SMILES string of the molecule is CCC1CN(CCC2CCCO2)C(C(C)C)CN1. The van der Waals surface area contributed by atoms with Crippen LogP contribution in [0.4, 0.5) is 0 Å². The van der Waals surface area contributed by atoms with E-state index >= 15 is 0 Å². The van der Waals surface area contributed by atoms with Crippen LogP contribution in [0.15, 0.2) is 0 Å². The Kier molecular flexibility index (Phi) is 5.46. The molecule has 106 valence electrons. The molecule has 0 spiro atoms. The summed E-state index contributed by atoms with van der Waals surface area (Å²) in [6, 6.07) is 1.39. The molecule has 0 aromatic heterocycles. The normalized spacial score (nSPS) is 34.3. The van der Waals surface area contributed by atoms with E-state index in [0.717, 1.165) is 19.1 Å².